The Morgan fingerprint density at radius 2 is 1.72 bits per heavy atom. The minimum atomic E-state index is 0.484. The quantitative estimate of drug-likeness (QED) is 0.828. The van der Waals surface area contributed by atoms with Gasteiger partial charge in [0.05, 0.1) is 0 Å². The summed E-state index contributed by atoms with van der Waals surface area (Å²) >= 11 is 5.03. The van der Waals surface area contributed by atoms with Crippen molar-refractivity contribution in [1.82, 2.24) is 0 Å². The molecule has 1 aliphatic heterocycles. The van der Waals surface area contributed by atoms with E-state index in [0.717, 1.165) is 5.56 Å². The van der Waals surface area contributed by atoms with E-state index in [1.807, 2.05) is 6.07 Å². The van der Waals surface area contributed by atoms with Gasteiger partial charge in [0.25, 0.3) is 0 Å². The molecule has 98 valence electrons. The molecule has 0 amide bonds. The van der Waals surface area contributed by atoms with Crippen LogP contribution in [0.1, 0.15) is 43.2 Å². The predicted octanol–water partition coefficient (Wildman–Crippen LogP) is 3.40. The molecule has 0 radical (unpaired) electrons. The van der Waals surface area contributed by atoms with Crippen LogP contribution in [-0.4, -0.2) is 18.1 Å². The third kappa shape index (κ3) is 3.22. The molecule has 1 aromatic carbocycles. The van der Waals surface area contributed by atoms with Crippen molar-refractivity contribution in [2.75, 3.05) is 18.0 Å². The fourth-order valence-electron chi connectivity index (χ4n) is 2.65. The van der Waals surface area contributed by atoms with Crippen molar-refractivity contribution in [1.29, 1.82) is 0 Å². The second kappa shape index (κ2) is 6.19. The molecule has 0 unspecified atom stereocenters. The van der Waals surface area contributed by atoms with Gasteiger partial charge in [-0.05, 0) is 43.5 Å². The first-order valence-electron chi connectivity index (χ1n) is 6.84. The molecule has 0 atom stereocenters. The summed E-state index contributed by atoms with van der Waals surface area (Å²) < 4.78 is 0. The van der Waals surface area contributed by atoms with Gasteiger partial charge in [0.1, 0.15) is 4.99 Å². The highest BCUT2D eigenvalue weighted by Crippen LogP contribution is 2.24. The van der Waals surface area contributed by atoms with E-state index in [1.165, 1.54) is 56.4 Å². The number of hydrogen-bond acceptors (Lipinski definition) is 2. The van der Waals surface area contributed by atoms with Crippen molar-refractivity contribution in [3.63, 3.8) is 0 Å². The van der Waals surface area contributed by atoms with Crippen LogP contribution in [-0.2, 0) is 0 Å². The smallest absolute Gasteiger partial charge is 0.103 e. The van der Waals surface area contributed by atoms with Crippen LogP contribution >= 0.6 is 12.2 Å². The van der Waals surface area contributed by atoms with E-state index in [2.05, 4.69) is 24.0 Å². The summed E-state index contributed by atoms with van der Waals surface area (Å²) in [7, 11) is 0. The first kappa shape index (κ1) is 13.3. The first-order chi connectivity index (χ1) is 8.68. The number of anilines is 1. The minimum absolute atomic E-state index is 0.484. The lowest BCUT2D eigenvalue weighted by Gasteiger charge is -2.28. The zero-order valence-corrected chi connectivity index (χ0v) is 11.9. The number of thiocarbonyl (C=S) groups is 1. The lowest BCUT2D eigenvalue weighted by molar-refractivity contribution is 0.556. The number of benzene rings is 1. The highest BCUT2D eigenvalue weighted by molar-refractivity contribution is 7.80. The molecule has 2 nitrogen and oxygen atoms in total. The average molecular weight is 262 g/mol. The summed E-state index contributed by atoms with van der Waals surface area (Å²) in [5.41, 5.74) is 9.27. The molecule has 18 heavy (non-hydrogen) atoms. The Morgan fingerprint density at radius 1 is 1.11 bits per heavy atom. The van der Waals surface area contributed by atoms with Gasteiger partial charge in [0, 0.05) is 24.3 Å². The fourth-order valence-corrected chi connectivity index (χ4v) is 2.78. The van der Waals surface area contributed by atoms with Gasteiger partial charge in [-0.1, -0.05) is 31.5 Å². The van der Waals surface area contributed by atoms with Crippen LogP contribution in [0.15, 0.2) is 18.2 Å². The van der Waals surface area contributed by atoms with E-state index in [0.29, 0.717) is 4.99 Å². The van der Waals surface area contributed by atoms with Crippen LogP contribution < -0.4 is 10.6 Å². The molecule has 1 aromatic rings. The van der Waals surface area contributed by atoms with Crippen LogP contribution in [0.5, 0.6) is 0 Å². The lowest BCUT2D eigenvalue weighted by Crippen LogP contribution is -2.27. The third-order valence-corrected chi connectivity index (χ3v) is 3.91. The second-order valence-corrected chi connectivity index (χ2v) is 5.56. The molecule has 1 heterocycles. The maximum atomic E-state index is 5.67. The SMILES string of the molecule is Cc1cc(C(N)=S)ccc1N1CCCCCCC1. The van der Waals surface area contributed by atoms with E-state index in [9.17, 15) is 0 Å². The molecule has 3 heteroatoms. The molecule has 0 aromatic heterocycles. The van der Waals surface area contributed by atoms with Gasteiger partial charge < -0.3 is 10.6 Å². The normalized spacial score (nSPS) is 17.1. The summed E-state index contributed by atoms with van der Waals surface area (Å²) in [5, 5.41) is 0. The van der Waals surface area contributed by atoms with Gasteiger partial charge in [0.15, 0.2) is 0 Å². The molecule has 1 fully saturated rings. The Balaban J connectivity index is 2.18. The highest BCUT2D eigenvalue weighted by atomic mass is 32.1. The van der Waals surface area contributed by atoms with Crippen molar-refractivity contribution >= 4 is 22.9 Å². The maximum absolute atomic E-state index is 5.67. The van der Waals surface area contributed by atoms with Gasteiger partial charge in [-0.25, -0.2) is 0 Å². The van der Waals surface area contributed by atoms with Crippen molar-refractivity contribution in [2.45, 2.75) is 39.0 Å². The minimum Gasteiger partial charge on any atom is -0.389 e. The zero-order chi connectivity index (χ0) is 13.0. The number of nitrogens with two attached hydrogens (primary N) is 1. The van der Waals surface area contributed by atoms with Crippen molar-refractivity contribution in [2.24, 2.45) is 5.73 Å². The molecule has 2 N–H and O–H groups in total. The van der Waals surface area contributed by atoms with E-state index in [1.54, 1.807) is 0 Å². The van der Waals surface area contributed by atoms with E-state index in [-0.39, 0.29) is 0 Å². The summed E-state index contributed by atoms with van der Waals surface area (Å²) in [5.74, 6) is 0. The Kier molecular flexibility index (Phi) is 4.59. The number of rotatable bonds is 2. The summed E-state index contributed by atoms with van der Waals surface area (Å²) in [6.07, 6.45) is 6.72. The Morgan fingerprint density at radius 3 is 2.28 bits per heavy atom. The van der Waals surface area contributed by atoms with E-state index in [4.69, 9.17) is 18.0 Å². The van der Waals surface area contributed by atoms with Crippen molar-refractivity contribution < 1.29 is 0 Å². The Bertz CT molecular complexity index is 421. The molecular formula is C15H22N2S. The number of nitrogens with zero attached hydrogens (tertiary/aromatic N) is 1. The molecular weight excluding hydrogens is 240 g/mol. The predicted molar refractivity (Wildman–Crippen MR) is 82.4 cm³/mol. The number of hydrogen-bond donors (Lipinski definition) is 1. The summed E-state index contributed by atoms with van der Waals surface area (Å²) in [6.45, 7) is 4.50. The first-order valence-corrected chi connectivity index (χ1v) is 7.25. The zero-order valence-electron chi connectivity index (χ0n) is 11.1. The Hall–Kier alpha value is -1.09. The second-order valence-electron chi connectivity index (χ2n) is 5.12. The van der Waals surface area contributed by atoms with Crippen LogP contribution in [0.25, 0.3) is 0 Å². The molecule has 0 saturated carbocycles. The van der Waals surface area contributed by atoms with E-state index < -0.39 is 0 Å². The molecule has 2 rings (SSSR count). The molecule has 0 aliphatic carbocycles. The van der Waals surface area contributed by atoms with Gasteiger partial charge in [0.2, 0.25) is 0 Å². The fraction of sp³-hybridized carbons (Fsp3) is 0.533. The Labute approximate surface area is 115 Å². The molecule has 1 saturated heterocycles. The molecule has 1 aliphatic rings. The van der Waals surface area contributed by atoms with Crippen molar-refractivity contribution in [3.05, 3.63) is 29.3 Å². The topological polar surface area (TPSA) is 29.3 Å². The highest BCUT2D eigenvalue weighted by Gasteiger charge is 2.11. The lowest BCUT2D eigenvalue weighted by atomic mass is 10.0. The van der Waals surface area contributed by atoms with Crippen LogP contribution in [0, 0.1) is 6.92 Å². The maximum Gasteiger partial charge on any atom is 0.103 e. The van der Waals surface area contributed by atoms with Crippen molar-refractivity contribution in [3.8, 4) is 0 Å². The standard InChI is InChI=1S/C15H22N2S/c1-12-11-13(15(16)18)7-8-14(12)17-9-5-3-2-4-6-10-17/h7-8,11H,2-6,9-10H2,1H3,(H2,16,18). The molecule has 0 spiro atoms. The summed E-state index contributed by atoms with van der Waals surface area (Å²) in [6, 6.07) is 6.32. The van der Waals surface area contributed by atoms with Gasteiger partial charge in [-0.2, -0.15) is 0 Å². The van der Waals surface area contributed by atoms with E-state index >= 15 is 0 Å². The van der Waals surface area contributed by atoms with Gasteiger partial charge in [-0.15, -0.1) is 0 Å². The van der Waals surface area contributed by atoms with Crippen LogP contribution in [0.4, 0.5) is 5.69 Å². The number of aryl methyl sites for hydroxylation is 1. The largest absolute Gasteiger partial charge is 0.389 e. The monoisotopic (exact) mass is 262 g/mol. The van der Waals surface area contributed by atoms with Crippen LogP contribution in [0.2, 0.25) is 0 Å². The summed E-state index contributed by atoms with van der Waals surface area (Å²) in [4.78, 5) is 3.00. The van der Waals surface area contributed by atoms with Gasteiger partial charge in [-0.3, -0.25) is 0 Å². The third-order valence-electron chi connectivity index (χ3n) is 3.68. The van der Waals surface area contributed by atoms with Crippen LogP contribution in [0.3, 0.4) is 0 Å². The molecule has 0 bridgehead atoms. The average Bonchev–Trinajstić information content (AvgIpc) is 2.29. The van der Waals surface area contributed by atoms with Gasteiger partial charge >= 0.3 is 0 Å².